The van der Waals surface area contributed by atoms with E-state index in [1.54, 1.807) is 17.1 Å². The van der Waals surface area contributed by atoms with E-state index in [0.29, 0.717) is 5.95 Å². The summed E-state index contributed by atoms with van der Waals surface area (Å²) in [5, 5.41) is 5.09. The summed E-state index contributed by atoms with van der Waals surface area (Å²) < 4.78 is 1.57. The molecule has 0 spiro atoms. The summed E-state index contributed by atoms with van der Waals surface area (Å²) in [7, 11) is 0. The number of alkyl halides is 1. The highest BCUT2D eigenvalue weighted by Crippen LogP contribution is 2.11. The number of nitrogens with zero attached hydrogens (tertiary/aromatic N) is 3. The van der Waals surface area contributed by atoms with Gasteiger partial charge in [-0.15, -0.1) is 0 Å². The summed E-state index contributed by atoms with van der Waals surface area (Å²) in [6, 6.07) is 8.05. The third-order valence-electron chi connectivity index (χ3n) is 2.36. The quantitative estimate of drug-likeness (QED) is 0.698. The number of hydrogen-bond donors (Lipinski definition) is 1. The molecule has 0 fully saturated rings. The monoisotopic (exact) mass is 292 g/mol. The molecule has 0 atom stereocenters. The van der Waals surface area contributed by atoms with Crippen LogP contribution >= 0.6 is 15.9 Å². The van der Waals surface area contributed by atoms with E-state index in [-0.39, 0.29) is 0 Å². The number of aryl methyl sites for hydroxylation is 1. The Morgan fingerprint density at radius 3 is 2.88 bits per heavy atom. The van der Waals surface area contributed by atoms with Gasteiger partial charge in [0.1, 0.15) is 0 Å². The van der Waals surface area contributed by atoms with Crippen molar-refractivity contribution < 1.29 is 0 Å². The first-order chi connectivity index (χ1) is 8.20. The molecule has 0 unspecified atom stereocenters. The third-order valence-corrected chi connectivity index (χ3v) is 2.96. The maximum absolute atomic E-state index is 5.70. The highest BCUT2D eigenvalue weighted by atomic mass is 79.9. The van der Waals surface area contributed by atoms with Gasteiger partial charge in [0.2, 0.25) is 5.95 Å². The van der Waals surface area contributed by atoms with E-state index in [2.05, 4.69) is 32.1 Å². The Bertz CT molecular complexity index is 545. The van der Waals surface area contributed by atoms with Gasteiger partial charge in [-0.05, 0) is 18.1 Å². The minimum absolute atomic E-state index is 0.398. The van der Waals surface area contributed by atoms with Gasteiger partial charge < -0.3 is 5.73 Å². The summed E-state index contributed by atoms with van der Waals surface area (Å²) in [6.45, 7) is 1.88. The second-order valence-electron chi connectivity index (χ2n) is 3.66. The molecule has 17 heavy (non-hydrogen) atoms. The Kier molecular flexibility index (Phi) is 3.58. The maximum Gasteiger partial charge on any atom is 0.221 e. The Hall–Kier alpha value is -1.62. The van der Waals surface area contributed by atoms with Crippen molar-refractivity contribution in [3.8, 4) is 0 Å². The predicted octanol–water partition coefficient (Wildman–Crippen LogP) is 2.55. The average molecular weight is 293 g/mol. The lowest BCUT2D eigenvalue weighted by Crippen LogP contribution is -1.98. The van der Waals surface area contributed by atoms with Crippen LogP contribution in [0.5, 0.6) is 0 Å². The summed E-state index contributed by atoms with van der Waals surface area (Å²) in [5.41, 5.74) is 8.81. The number of aromatic nitrogens is 2. The Morgan fingerprint density at radius 1 is 1.47 bits per heavy atom. The van der Waals surface area contributed by atoms with Crippen LogP contribution in [0.15, 0.2) is 35.6 Å². The molecule has 88 valence electrons. The zero-order chi connectivity index (χ0) is 12.3. The predicted molar refractivity (Wildman–Crippen MR) is 73.4 cm³/mol. The number of nitrogen functional groups attached to an aromatic ring is 1. The lowest BCUT2D eigenvalue weighted by atomic mass is 10.1. The van der Waals surface area contributed by atoms with E-state index in [0.717, 1.165) is 16.6 Å². The van der Waals surface area contributed by atoms with Crippen LogP contribution in [0.3, 0.4) is 0 Å². The molecular weight excluding hydrogens is 280 g/mol. The smallest absolute Gasteiger partial charge is 0.221 e. The lowest BCUT2D eigenvalue weighted by molar-refractivity contribution is 0.896. The molecule has 0 aliphatic carbocycles. The van der Waals surface area contributed by atoms with E-state index in [1.807, 2.05) is 25.1 Å². The maximum atomic E-state index is 5.70. The number of halogens is 1. The van der Waals surface area contributed by atoms with Gasteiger partial charge in [-0.1, -0.05) is 40.2 Å². The Balaban J connectivity index is 2.29. The first-order valence-electron chi connectivity index (χ1n) is 5.20. The third kappa shape index (κ3) is 2.74. The molecule has 1 heterocycles. The minimum Gasteiger partial charge on any atom is -0.368 e. The first-order valence-corrected chi connectivity index (χ1v) is 6.32. The van der Waals surface area contributed by atoms with Gasteiger partial charge >= 0.3 is 0 Å². The molecule has 2 rings (SSSR count). The van der Waals surface area contributed by atoms with Crippen molar-refractivity contribution in [2.45, 2.75) is 12.3 Å². The highest BCUT2D eigenvalue weighted by Gasteiger charge is 2.00. The van der Waals surface area contributed by atoms with E-state index >= 15 is 0 Å². The van der Waals surface area contributed by atoms with Gasteiger partial charge in [0.05, 0.1) is 18.1 Å². The number of imidazole rings is 1. The van der Waals surface area contributed by atoms with Crippen molar-refractivity contribution >= 4 is 28.1 Å². The molecule has 1 aromatic heterocycles. The number of benzene rings is 1. The van der Waals surface area contributed by atoms with Gasteiger partial charge in [0.25, 0.3) is 0 Å². The van der Waals surface area contributed by atoms with Crippen LogP contribution in [-0.2, 0) is 5.33 Å². The van der Waals surface area contributed by atoms with Gasteiger partial charge in [-0.2, -0.15) is 5.10 Å². The molecule has 0 radical (unpaired) electrons. The summed E-state index contributed by atoms with van der Waals surface area (Å²) in [6.07, 6.45) is 3.58. The molecule has 0 bridgehead atoms. The molecule has 0 amide bonds. The second kappa shape index (κ2) is 5.14. The van der Waals surface area contributed by atoms with Crippen LogP contribution in [0.25, 0.3) is 0 Å². The van der Waals surface area contributed by atoms with E-state index in [1.165, 1.54) is 5.56 Å². The molecule has 0 saturated carbocycles. The first kappa shape index (κ1) is 11.9. The van der Waals surface area contributed by atoms with Crippen LogP contribution in [0.2, 0.25) is 0 Å². The van der Waals surface area contributed by atoms with Crippen LogP contribution in [-0.4, -0.2) is 15.9 Å². The standard InChI is InChI=1S/C12H13BrN4/c1-9-8-17(12(14)16-9)15-7-11-5-3-2-4-10(11)6-13/h2-5,7-8H,6H2,1H3,(H2,14,16). The van der Waals surface area contributed by atoms with Crippen molar-refractivity contribution in [3.63, 3.8) is 0 Å². The van der Waals surface area contributed by atoms with Crippen molar-refractivity contribution in [1.29, 1.82) is 0 Å². The fraction of sp³-hybridized carbons (Fsp3) is 0.167. The van der Waals surface area contributed by atoms with Crippen molar-refractivity contribution in [2.24, 2.45) is 5.10 Å². The Labute approximate surface area is 108 Å². The summed E-state index contributed by atoms with van der Waals surface area (Å²) >= 11 is 3.45. The van der Waals surface area contributed by atoms with E-state index < -0.39 is 0 Å². The number of hydrogen-bond acceptors (Lipinski definition) is 3. The Morgan fingerprint density at radius 2 is 2.24 bits per heavy atom. The molecule has 0 saturated heterocycles. The molecule has 0 aliphatic heterocycles. The molecule has 5 heteroatoms. The molecule has 4 nitrogen and oxygen atoms in total. The molecule has 0 aliphatic rings. The molecule has 2 aromatic rings. The van der Waals surface area contributed by atoms with Gasteiger partial charge in [-0.3, -0.25) is 0 Å². The fourth-order valence-corrected chi connectivity index (χ4v) is 2.01. The zero-order valence-corrected chi connectivity index (χ0v) is 11.1. The van der Waals surface area contributed by atoms with Crippen LogP contribution in [0.4, 0.5) is 5.95 Å². The fourth-order valence-electron chi connectivity index (χ4n) is 1.50. The van der Waals surface area contributed by atoms with Crippen LogP contribution in [0, 0.1) is 6.92 Å². The average Bonchev–Trinajstić information content (AvgIpc) is 2.65. The van der Waals surface area contributed by atoms with Crippen LogP contribution < -0.4 is 5.73 Å². The molecule has 2 N–H and O–H groups in total. The lowest BCUT2D eigenvalue weighted by Gasteiger charge is -2.01. The number of anilines is 1. The van der Waals surface area contributed by atoms with Crippen molar-refractivity contribution in [1.82, 2.24) is 9.66 Å². The van der Waals surface area contributed by atoms with Gasteiger partial charge in [-0.25, -0.2) is 9.66 Å². The molecular formula is C12H13BrN4. The number of nitrogens with two attached hydrogens (primary N) is 1. The second-order valence-corrected chi connectivity index (χ2v) is 4.22. The van der Waals surface area contributed by atoms with E-state index in [9.17, 15) is 0 Å². The largest absolute Gasteiger partial charge is 0.368 e. The van der Waals surface area contributed by atoms with Gasteiger partial charge in [0.15, 0.2) is 0 Å². The van der Waals surface area contributed by atoms with Crippen LogP contribution in [0.1, 0.15) is 16.8 Å². The normalized spacial score (nSPS) is 11.2. The topological polar surface area (TPSA) is 56.2 Å². The van der Waals surface area contributed by atoms with Gasteiger partial charge in [0, 0.05) is 5.33 Å². The SMILES string of the molecule is Cc1cn(N=Cc2ccccc2CBr)c(N)n1. The summed E-state index contributed by atoms with van der Waals surface area (Å²) in [4.78, 5) is 4.08. The van der Waals surface area contributed by atoms with E-state index in [4.69, 9.17) is 5.73 Å². The van der Waals surface area contributed by atoms with Crippen molar-refractivity contribution in [3.05, 3.63) is 47.3 Å². The summed E-state index contributed by atoms with van der Waals surface area (Å²) in [5.74, 6) is 0.398. The molecule has 1 aromatic carbocycles. The minimum atomic E-state index is 0.398. The zero-order valence-electron chi connectivity index (χ0n) is 9.47. The highest BCUT2D eigenvalue weighted by molar-refractivity contribution is 9.08. The number of rotatable bonds is 3. The van der Waals surface area contributed by atoms with Crippen molar-refractivity contribution in [2.75, 3.05) is 5.73 Å².